The maximum Gasteiger partial charge on any atom is 0.134 e. The van der Waals surface area contributed by atoms with Crippen LogP contribution in [-0.4, -0.2) is 19.4 Å². The fraction of sp³-hybridized carbons (Fsp3) is 0.176. The largest absolute Gasteiger partial charge is 0.487 e. The van der Waals surface area contributed by atoms with Crippen molar-refractivity contribution in [1.82, 2.24) is 0 Å². The van der Waals surface area contributed by atoms with E-state index in [4.69, 9.17) is 14.8 Å². The lowest BCUT2D eigenvalue weighted by Crippen LogP contribution is -2.13. The molecule has 2 aromatic rings. The van der Waals surface area contributed by atoms with Crippen LogP contribution >= 0.6 is 15.9 Å². The van der Waals surface area contributed by atoms with Gasteiger partial charge in [0.05, 0.1) is 11.6 Å². The Bertz CT molecular complexity index is 673. The van der Waals surface area contributed by atoms with Gasteiger partial charge in [-0.3, -0.25) is 0 Å². The van der Waals surface area contributed by atoms with E-state index in [1.165, 1.54) is 12.7 Å². The number of oxime groups is 1. The molecule has 0 amide bonds. The number of hydrogen-bond donors (Lipinski definition) is 0. The number of alkyl halides is 1. The zero-order valence-electron chi connectivity index (χ0n) is 12.1. The lowest BCUT2D eigenvalue weighted by Gasteiger charge is -2.09. The Morgan fingerprint density at radius 1 is 1.14 bits per heavy atom. The van der Waals surface area contributed by atoms with E-state index in [9.17, 15) is 0 Å². The lowest BCUT2D eigenvalue weighted by atomic mass is 10.1. The fourth-order valence-electron chi connectivity index (χ4n) is 1.84. The topological polar surface area (TPSA) is 54.6 Å². The molecule has 0 fully saturated rings. The molecule has 0 unspecified atom stereocenters. The van der Waals surface area contributed by atoms with Crippen LogP contribution in [0.15, 0.2) is 53.7 Å². The van der Waals surface area contributed by atoms with Gasteiger partial charge in [0.1, 0.15) is 25.2 Å². The van der Waals surface area contributed by atoms with Crippen molar-refractivity contribution in [2.75, 3.05) is 13.7 Å². The summed E-state index contributed by atoms with van der Waals surface area (Å²) in [4.78, 5) is 4.88. The first-order chi connectivity index (χ1) is 10.8. The van der Waals surface area contributed by atoms with Crippen molar-refractivity contribution >= 4 is 21.6 Å². The van der Waals surface area contributed by atoms with Gasteiger partial charge in [-0.05, 0) is 29.8 Å². The Kier molecular flexibility index (Phi) is 5.99. The van der Waals surface area contributed by atoms with Crippen molar-refractivity contribution in [1.29, 1.82) is 5.26 Å². The van der Waals surface area contributed by atoms with E-state index >= 15 is 0 Å². The van der Waals surface area contributed by atoms with Crippen LogP contribution in [0, 0.1) is 11.3 Å². The summed E-state index contributed by atoms with van der Waals surface area (Å²) < 4.78 is 5.74. The summed E-state index contributed by atoms with van der Waals surface area (Å²) in [5.74, 6) is 0.766. The lowest BCUT2D eigenvalue weighted by molar-refractivity contribution is 0.210. The molecule has 0 aromatic heterocycles. The first kappa shape index (κ1) is 16.1. The van der Waals surface area contributed by atoms with Gasteiger partial charge in [-0.2, -0.15) is 5.26 Å². The van der Waals surface area contributed by atoms with Gasteiger partial charge >= 0.3 is 0 Å². The molecule has 0 N–H and O–H groups in total. The highest BCUT2D eigenvalue weighted by Crippen LogP contribution is 2.15. The number of rotatable bonds is 6. The van der Waals surface area contributed by atoms with Crippen LogP contribution in [0.4, 0.5) is 0 Å². The van der Waals surface area contributed by atoms with Crippen LogP contribution in [0.3, 0.4) is 0 Å². The highest BCUT2D eigenvalue weighted by atomic mass is 79.9. The Balaban J connectivity index is 2.08. The number of halogens is 1. The molecule has 0 aliphatic rings. The molecule has 5 heteroatoms. The second-order valence-electron chi connectivity index (χ2n) is 4.48. The van der Waals surface area contributed by atoms with E-state index in [0.29, 0.717) is 11.3 Å². The third-order valence-corrected chi connectivity index (χ3v) is 3.65. The molecule has 0 heterocycles. The maximum atomic E-state index is 8.83. The minimum absolute atomic E-state index is 0.285. The maximum absolute atomic E-state index is 8.83. The third-order valence-electron chi connectivity index (χ3n) is 3.00. The highest BCUT2D eigenvalue weighted by Gasteiger charge is 2.06. The molecule has 2 rings (SSSR count). The fourth-order valence-corrected chi connectivity index (χ4v) is 2.21. The summed E-state index contributed by atoms with van der Waals surface area (Å²) >= 11 is 3.41. The van der Waals surface area contributed by atoms with Crippen LogP contribution in [-0.2, 0) is 10.2 Å². The van der Waals surface area contributed by atoms with Crippen molar-refractivity contribution < 1.29 is 9.57 Å². The van der Waals surface area contributed by atoms with E-state index in [-0.39, 0.29) is 6.61 Å². The molecule has 0 bridgehead atoms. The summed E-state index contributed by atoms with van der Waals surface area (Å²) in [6, 6.07) is 17.1. The molecule has 0 atom stereocenters. The quantitative estimate of drug-likeness (QED) is 0.447. The Hall–Kier alpha value is -2.32. The molecule has 4 nitrogen and oxygen atoms in total. The van der Waals surface area contributed by atoms with Gasteiger partial charge in [0.25, 0.3) is 0 Å². The van der Waals surface area contributed by atoms with Crippen molar-refractivity contribution in [3.05, 3.63) is 65.2 Å². The normalized spacial score (nSPS) is 10.9. The summed E-state index contributed by atoms with van der Waals surface area (Å²) in [7, 11) is 1.49. The van der Waals surface area contributed by atoms with Crippen LogP contribution in [0.25, 0.3) is 0 Å². The number of nitrogens with zero attached hydrogens (tertiary/aromatic N) is 2. The molecule has 0 radical (unpaired) electrons. The summed E-state index contributed by atoms with van der Waals surface area (Å²) in [5, 5.41) is 13.6. The second kappa shape index (κ2) is 8.20. The predicted molar refractivity (Wildman–Crippen MR) is 89.3 cm³/mol. The van der Waals surface area contributed by atoms with Crippen LogP contribution in [0.1, 0.15) is 16.7 Å². The summed E-state index contributed by atoms with van der Waals surface area (Å²) in [6.45, 7) is 0.285. The molecule has 22 heavy (non-hydrogen) atoms. The smallest absolute Gasteiger partial charge is 0.134 e. The average molecular weight is 359 g/mol. The molecule has 2 aromatic carbocycles. The molecule has 0 aliphatic heterocycles. The van der Waals surface area contributed by atoms with Crippen LogP contribution < -0.4 is 4.74 Å². The first-order valence-corrected chi connectivity index (χ1v) is 7.77. The standard InChI is InChI=1S/C17H15BrN2O2/c1-21-20-17(15-6-2-14(11-19)3-7-15)12-22-16-8-4-13(10-18)5-9-16/h2-9H,10,12H2,1H3/b20-17-. The Morgan fingerprint density at radius 2 is 1.82 bits per heavy atom. The summed E-state index contributed by atoms with van der Waals surface area (Å²) in [5.41, 5.74) is 3.31. The Labute approximate surface area is 138 Å². The zero-order valence-corrected chi connectivity index (χ0v) is 13.7. The number of nitriles is 1. The van der Waals surface area contributed by atoms with E-state index in [2.05, 4.69) is 27.2 Å². The molecule has 0 spiro atoms. The van der Waals surface area contributed by atoms with Crippen LogP contribution in [0.5, 0.6) is 5.75 Å². The number of benzene rings is 2. The summed E-state index contributed by atoms with van der Waals surface area (Å²) in [6.07, 6.45) is 0. The van der Waals surface area contributed by atoms with Gasteiger partial charge in [0.2, 0.25) is 0 Å². The molecular weight excluding hydrogens is 344 g/mol. The van der Waals surface area contributed by atoms with Gasteiger partial charge in [0.15, 0.2) is 0 Å². The van der Waals surface area contributed by atoms with Crippen molar-refractivity contribution in [2.45, 2.75) is 5.33 Å². The first-order valence-electron chi connectivity index (χ1n) is 6.65. The van der Waals surface area contributed by atoms with Crippen molar-refractivity contribution in [3.63, 3.8) is 0 Å². The third kappa shape index (κ3) is 4.34. The van der Waals surface area contributed by atoms with E-state index in [0.717, 1.165) is 16.6 Å². The monoisotopic (exact) mass is 358 g/mol. The van der Waals surface area contributed by atoms with E-state index in [1.54, 1.807) is 12.1 Å². The highest BCUT2D eigenvalue weighted by molar-refractivity contribution is 9.08. The zero-order chi connectivity index (χ0) is 15.8. The van der Waals surface area contributed by atoms with Gasteiger partial charge in [-0.15, -0.1) is 0 Å². The Morgan fingerprint density at radius 3 is 2.36 bits per heavy atom. The van der Waals surface area contributed by atoms with Gasteiger partial charge in [-0.25, -0.2) is 0 Å². The molecular formula is C17H15BrN2O2. The van der Waals surface area contributed by atoms with E-state index in [1.807, 2.05) is 36.4 Å². The number of ether oxygens (including phenoxy) is 1. The molecule has 0 aliphatic carbocycles. The minimum Gasteiger partial charge on any atom is -0.487 e. The minimum atomic E-state index is 0.285. The van der Waals surface area contributed by atoms with Crippen molar-refractivity contribution in [3.8, 4) is 11.8 Å². The average Bonchev–Trinajstić information content (AvgIpc) is 2.59. The van der Waals surface area contributed by atoms with Crippen molar-refractivity contribution in [2.24, 2.45) is 5.16 Å². The number of hydrogen-bond acceptors (Lipinski definition) is 4. The molecule has 0 saturated heterocycles. The van der Waals surface area contributed by atoms with Gasteiger partial charge < -0.3 is 9.57 Å². The SMILES string of the molecule is CO/N=C(/COc1ccc(CBr)cc1)c1ccc(C#N)cc1. The van der Waals surface area contributed by atoms with Crippen LogP contribution in [0.2, 0.25) is 0 Å². The predicted octanol–water partition coefficient (Wildman–Crippen LogP) is 3.88. The molecule has 112 valence electrons. The van der Waals surface area contributed by atoms with Gasteiger partial charge in [-0.1, -0.05) is 45.4 Å². The van der Waals surface area contributed by atoms with Gasteiger partial charge in [0, 0.05) is 10.9 Å². The van der Waals surface area contributed by atoms with E-state index < -0.39 is 0 Å². The second-order valence-corrected chi connectivity index (χ2v) is 5.04. The molecule has 0 saturated carbocycles.